The normalized spacial score (nSPS) is 12.2. The van der Waals surface area contributed by atoms with Crippen LogP contribution in [0.2, 0.25) is 5.54 Å². The summed E-state index contributed by atoms with van der Waals surface area (Å²) in [6.45, 7) is 9.98. The summed E-state index contributed by atoms with van der Waals surface area (Å²) in [6.07, 6.45) is 1.67. The Morgan fingerprint density at radius 3 is 1.66 bits per heavy atom. The molecule has 0 saturated carbocycles. The van der Waals surface area contributed by atoms with Crippen LogP contribution < -0.4 is 9.47 Å². The molecule has 2 rings (SSSR count). The quantitative estimate of drug-likeness (QED) is 0.358. The molecule has 2 aromatic carbocycles. The number of benzene rings is 2. The van der Waals surface area contributed by atoms with E-state index in [1.807, 2.05) is 64.1 Å². The third kappa shape index (κ3) is 6.31. The third-order valence-electron chi connectivity index (χ3n) is 4.35. The molecule has 0 aliphatic heterocycles. The largest absolute Gasteiger partial charge is 0.507 e. The van der Waals surface area contributed by atoms with Crippen LogP contribution in [-0.2, 0) is 13.3 Å². The Morgan fingerprint density at radius 1 is 0.793 bits per heavy atom. The highest BCUT2D eigenvalue weighted by molar-refractivity contribution is 6.62. The second-order valence-electron chi connectivity index (χ2n) is 6.36. The topological polar surface area (TPSA) is 69.9 Å². The number of nitriles is 1. The van der Waals surface area contributed by atoms with Crippen molar-refractivity contribution in [2.45, 2.75) is 33.2 Å². The standard InChI is InChI=1S/C22H29NO5Si/c1-5-26-29(27-6-2,28-7-3)18(4)16-24-21-12-8-19(9-13-21)20-10-14-22(15-11-20)25-17-23/h8-15,18H,5-7,16H2,1-4H3. The van der Waals surface area contributed by atoms with Gasteiger partial charge in [-0.1, -0.05) is 31.2 Å². The molecule has 29 heavy (non-hydrogen) atoms. The van der Waals surface area contributed by atoms with E-state index in [4.69, 9.17) is 28.0 Å². The van der Waals surface area contributed by atoms with Gasteiger partial charge in [0.15, 0.2) is 0 Å². The molecule has 7 heteroatoms. The van der Waals surface area contributed by atoms with Crippen molar-refractivity contribution in [3.05, 3.63) is 48.5 Å². The van der Waals surface area contributed by atoms with Crippen LogP contribution in [0.1, 0.15) is 27.7 Å². The summed E-state index contributed by atoms with van der Waals surface area (Å²) < 4.78 is 28.6. The van der Waals surface area contributed by atoms with Crippen molar-refractivity contribution >= 4 is 8.80 Å². The van der Waals surface area contributed by atoms with Crippen molar-refractivity contribution in [1.82, 2.24) is 0 Å². The predicted octanol–water partition coefficient (Wildman–Crippen LogP) is 5.03. The predicted molar refractivity (Wildman–Crippen MR) is 114 cm³/mol. The average molecular weight is 416 g/mol. The van der Waals surface area contributed by atoms with Gasteiger partial charge in [-0.25, -0.2) is 0 Å². The van der Waals surface area contributed by atoms with Gasteiger partial charge in [0.25, 0.3) is 6.26 Å². The summed E-state index contributed by atoms with van der Waals surface area (Å²) in [5.74, 6) is 1.30. The first-order chi connectivity index (χ1) is 14.1. The molecule has 0 spiro atoms. The molecule has 0 aliphatic rings. The second kappa shape index (κ2) is 11.6. The van der Waals surface area contributed by atoms with E-state index in [0.29, 0.717) is 32.2 Å². The van der Waals surface area contributed by atoms with E-state index in [1.54, 1.807) is 18.4 Å². The van der Waals surface area contributed by atoms with Gasteiger partial charge in [-0.05, 0) is 56.2 Å². The monoisotopic (exact) mass is 415 g/mol. The minimum absolute atomic E-state index is 0.00899. The van der Waals surface area contributed by atoms with Gasteiger partial charge >= 0.3 is 8.80 Å². The van der Waals surface area contributed by atoms with Crippen molar-refractivity contribution in [3.8, 4) is 28.9 Å². The molecular formula is C22H29NO5Si. The first kappa shape index (κ1) is 22.9. The fourth-order valence-corrected chi connectivity index (χ4v) is 5.59. The van der Waals surface area contributed by atoms with E-state index in [1.165, 1.54) is 0 Å². The number of hydrogen-bond acceptors (Lipinski definition) is 6. The molecule has 0 saturated heterocycles. The fourth-order valence-electron chi connectivity index (χ4n) is 2.99. The Labute approximate surface area is 174 Å². The summed E-state index contributed by atoms with van der Waals surface area (Å²) in [5, 5.41) is 8.56. The minimum atomic E-state index is -2.79. The molecule has 2 aromatic rings. The highest BCUT2D eigenvalue weighted by atomic mass is 28.4. The first-order valence-corrected chi connectivity index (χ1v) is 11.7. The molecule has 0 radical (unpaired) electrons. The van der Waals surface area contributed by atoms with Crippen LogP contribution in [0, 0.1) is 11.5 Å². The first-order valence-electron chi connectivity index (χ1n) is 9.89. The zero-order valence-electron chi connectivity index (χ0n) is 17.5. The Kier molecular flexibility index (Phi) is 9.15. The maximum absolute atomic E-state index is 8.56. The Balaban J connectivity index is 2.02. The van der Waals surface area contributed by atoms with Crippen molar-refractivity contribution in [3.63, 3.8) is 0 Å². The SMILES string of the molecule is CCO[Si](OCC)(OCC)C(C)COc1ccc(-c2ccc(OC#N)cc2)cc1. The van der Waals surface area contributed by atoms with Crippen LogP contribution in [0.5, 0.6) is 11.5 Å². The molecule has 0 aromatic heterocycles. The maximum Gasteiger partial charge on any atom is 0.507 e. The van der Waals surface area contributed by atoms with E-state index in [-0.39, 0.29) is 5.54 Å². The lowest BCUT2D eigenvalue weighted by molar-refractivity contribution is 0.0566. The van der Waals surface area contributed by atoms with Crippen molar-refractivity contribution in [2.75, 3.05) is 26.4 Å². The molecule has 1 atom stereocenters. The Hall–Kier alpha value is -2.37. The molecule has 6 nitrogen and oxygen atoms in total. The highest BCUT2D eigenvalue weighted by Gasteiger charge is 2.47. The summed E-state index contributed by atoms with van der Waals surface area (Å²) in [4.78, 5) is 0. The van der Waals surface area contributed by atoms with Crippen molar-refractivity contribution in [1.29, 1.82) is 5.26 Å². The summed E-state index contributed by atoms with van der Waals surface area (Å²) in [5.41, 5.74) is 2.09. The number of rotatable bonds is 12. The molecule has 156 valence electrons. The van der Waals surface area contributed by atoms with Gasteiger partial charge in [0, 0.05) is 19.8 Å². The van der Waals surface area contributed by atoms with Crippen molar-refractivity contribution < 1.29 is 22.8 Å². The zero-order chi connectivity index (χ0) is 21.1. The van der Waals surface area contributed by atoms with E-state index >= 15 is 0 Å². The molecule has 0 amide bonds. The van der Waals surface area contributed by atoms with E-state index in [0.717, 1.165) is 16.9 Å². The van der Waals surface area contributed by atoms with Gasteiger partial charge in [0.1, 0.15) is 11.5 Å². The molecule has 0 fully saturated rings. The van der Waals surface area contributed by atoms with Crippen LogP contribution >= 0.6 is 0 Å². The maximum atomic E-state index is 8.56. The Bertz CT molecular complexity index is 756. The smallest absolute Gasteiger partial charge is 0.493 e. The van der Waals surface area contributed by atoms with E-state index < -0.39 is 8.80 Å². The van der Waals surface area contributed by atoms with Gasteiger partial charge < -0.3 is 22.8 Å². The van der Waals surface area contributed by atoms with Crippen LogP contribution in [0.25, 0.3) is 11.1 Å². The van der Waals surface area contributed by atoms with Gasteiger partial charge in [-0.15, -0.1) is 5.26 Å². The van der Waals surface area contributed by atoms with Gasteiger partial charge in [-0.3, -0.25) is 0 Å². The molecule has 0 bridgehead atoms. The number of hydrogen-bond donors (Lipinski definition) is 0. The second-order valence-corrected chi connectivity index (χ2v) is 9.42. The zero-order valence-corrected chi connectivity index (χ0v) is 18.5. The van der Waals surface area contributed by atoms with Crippen LogP contribution in [0.4, 0.5) is 0 Å². The number of ether oxygens (including phenoxy) is 2. The number of nitrogens with zero attached hydrogens (tertiary/aromatic N) is 1. The van der Waals surface area contributed by atoms with E-state index in [2.05, 4.69) is 0 Å². The summed E-state index contributed by atoms with van der Waals surface area (Å²) in [6, 6.07) is 15.2. The molecule has 0 aliphatic carbocycles. The lowest BCUT2D eigenvalue weighted by Gasteiger charge is -2.33. The van der Waals surface area contributed by atoms with Gasteiger partial charge in [-0.2, -0.15) is 0 Å². The summed E-state index contributed by atoms with van der Waals surface area (Å²) >= 11 is 0. The molecule has 0 N–H and O–H groups in total. The fraction of sp³-hybridized carbons (Fsp3) is 0.409. The van der Waals surface area contributed by atoms with Crippen LogP contribution in [-0.4, -0.2) is 35.2 Å². The van der Waals surface area contributed by atoms with Crippen LogP contribution in [0.3, 0.4) is 0 Å². The van der Waals surface area contributed by atoms with Crippen LogP contribution in [0.15, 0.2) is 48.5 Å². The highest BCUT2D eigenvalue weighted by Crippen LogP contribution is 2.28. The lowest BCUT2D eigenvalue weighted by atomic mass is 10.1. The van der Waals surface area contributed by atoms with Gasteiger partial charge in [0.2, 0.25) is 0 Å². The molecule has 1 unspecified atom stereocenters. The van der Waals surface area contributed by atoms with Gasteiger partial charge in [0.05, 0.1) is 12.1 Å². The van der Waals surface area contributed by atoms with E-state index in [9.17, 15) is 0 Å². The third-order valence-corrected chi connectivity index (χ3v) is 7.79. The lowest BCUT2D eigenvalue weighted by Crippen LogP contribution is -2.51. The minimum Gasteiger partial charge on any atom is -0.493 e. The van der Waals surface area contributed by atoms with Crippen molar-refractivity contribution in [2.24, 2.45) is 0 Å². The molecular weight excluding hydrogens is 386 g/mol. The average Bonchev–Trinajstić information content (AvgIpc) is 2.74. The summed E-state index contributed by atoms with van der Waals surface area (Å²) in [7, 11) is -2.79. The Morgan fingerprint density at radius 2 is 1.24 bits per heavy atom. The molecule has 0 heterocycles.